The molecular weight excluding hydrogens is 192 g/mol. The summed E-state index contributed by atoms with van der Waals surface area (Å²) in [7, 11) is 0. The molecule has 0 saturated heterocycles. The van der Waals surface area contributed by atoms with Crippen LogP contribution in [0.1, 0.15) is 24.8 Å². The zero-order valence-corrected chi connectivity index (χ0v) is 8.85. The molecule has 3 N–H and O–H groups in total. The molecule has 5 heteroatoms. The van der Waals surface area contributed by atoms with Gasteiger partial charge in [-0.3, -0.25) is 4.68 Å². The summed E-state index contributed by atoms with van der Waals surface area (Å²) in [6.45, 7) is 2.88. The Balaban J connectivity index is 1.99. The van der Waals surface area contributed by atoms with Crippen molar-refractivity contribution in [1.82, 2.24) is 9.78 Å². The fourth-order valence-corrected chi connectivity index (χ4v) is 1.88. The maximum Gasteiger partial charge on any atom is 0.139 e. The van der Waals surface area contributed by atoms with Gasteiger partial charge < -0.3 is 10.9 Å². The van der Waals surface area contributed by atoms with Crippen LogP contribution in [0.25, 0.3) is 0 Å². The number of aryl methyl sites for hydroxylation is 1. The molecule has 0 spiro atoms. The molecule has 0 amide bonds. The van der Waals surface area contributed by atoms with Gasteiger partial charge in [-0.1, -0.05) is 5.16 Å². The average Bonchev–Trinajstić information content (AvgIpc) is 2.82. The van der Waals surface area contributed by atoms with Crippen molar-refractivity contribution < 1.29 is 5.21 Å². The Bertz CT molecular complexity index is 379. The Morgan fingerprint density at radius 3 is 2.93 bits per heavy atom. The van der Waals surface area contributed by atoms with Gasteiger partial charge in [0.1, 0.15) is 5.84 Å². The van der Waals surface area contributed by atoms with Crippen molar-refractivity contribution in [2.45, 2.75) is 32.7 Å². The Morgan fingerprint density at radius 2 is 2.47 bits per heavy atom. The van der Waals surface area contributed by atoms with Gasteiger partial charge in [-0.05, 0) is 30.7 Å². The lowest BCUT2D eigenvalue weighted by molar-refractivity contribution is 0.312. The van der Waals surface area contributed by atoms with E-state index in [1.54, 1.807) is 0 Å². The summed E-state index contributed by atoms with van der Waals surface area (Å²) in [6.07, 6.45) is 6.78. The van der Waals surface area contributed by atoms with E-state index in [9.17, 15) is 0 Å². The molecule has 1 aromatic rings. The average molecular weight is 208 g/mol. The van der Waals surface area contributed by atoms with Crippen molar-refractivity contribution in [1.29, 1.82) is 0 Å². The van der Waals surface area contributed by atoms with E-state index in [-0.39, 0.29) is 5.41 Å². The lowest BCUT2D eigenvalue weighted by Crippen LogP contribution is -2.21. The monoisotopic (exact) mass is 208 g/mol. The smallest absolute Gasteiger partial charge is 0.139 e. The molecule has 0 radical (unpaired) electrons. The molecule has 1 heterocycles. The largest absolute Gasteiger partial charge is 0.409 e. The highest BCUT2D eigenvalue weighted by atomic mass is 16.4. The van der Waals surface area contributed by atoms with E-state index in [1.165, 1.54) is 0 Å². The maximum absolute atomic E-state index is 8.54. The summed E-state index contributed by atoms with van der Waals surface area (Å²) in [5, 5.41) is 15.8. The standard InChI is InChI=1S/C10H16N4O/c1-8-5-12-14(6-8)7-10(2-3-10)4-9(11)13-15/h5-6,15H,2-4,7H2,1H3,(H2,11,13). The molecule has 0 aromatic carbocycles. The lowest BCUT2D eigenvalue weighted by atomic mass is 10.0. The van der Waals surface area contributed by atoms with Crippen LogP contribution in [-0.2, 0) is 6.54 Å². The molecule has 0 bridgehead atoms. The van der Waals surface area contributed by atoms with Crippen molar-refractivity contribution in [2.24, 2.45) is 16.3 Å². The number of nitrogens with zero attached hydrogens (tertiary/aromatic N) is 3. The molecule has 0 aliphatic heterocycles. The number of amidine groups is 1. The fraction of sp³-hybridized carbons (Fsp3) is 0.600. The second-order valence-electron chi connectivity index (χ2n) is 4.48. The molecule has 1 fully saturated rings. The zero-order chi connectivity index (χ0) is 10.9. The highest BCUT2D eigenvalue weighted by Gasteiger charge is 2.43. The molecule has 1 aliphatic carbocycles. The predicted octanol–water partition coefficient (Wildman–Crippen LogP) is 1.11. The van der Waals surface area contributed by atoms with Gasteiger partial charge in [0, 0.05) is 19.2 Å². The van der Waals surface area contributed by atoms with Crippen LogP contribution in [0.5, 0.6) is 0 Å². The van der Waals surface area contributed by atoms with Gasteiger partial charge >= 0.3 is 0 Å². The minimum absolute atomic E-state index is 0.175. The Hall–Kier alpha value is -1.52. The number of aromatic nitrogens is 2. The predicted molar refractivity (Wildman–Crippen MR) is 56.7 cm³/mol. The quantitative estimate of drug-likeness (QED) is 0.337. The zero-order valence-electron chi connectivity index (χ0n) is 8.85. The van der Waals surface area contributed by atoms with Gasteiger partial charge in [0.2, 0.25) is 0 Å². The van der Waals surface area contributed by atoms with Crippen molar-refractivity contribution >= 4 is 5.84 Å². The molecule has 1 saturated carbocycles. The fourth-order valence-electron chi connectivity index (χ4n) is 1.88. The molecule has 15 heavy (non-hydrogen) atoms. The van der Waals surface area contributed by atoms with Crippen LogP contribution in [-0.4, -0.2) is 20.8 Å². The number of hydrogen-bond donors (Lipinski definition) is 2. The van der Waals surface area contributed by atoms with Gasteiger partial charge in [0.05, 0.1) is 6.20 Å². The molecule has 2 rings (SSSR count). The summed E-state index contributed by atoms with van der Waals surface area (Å²) in [6, 6.07) is 0. The van der Waals surface area contributed by atoms with Crippen LogP contribution in [0.4, 0.5) is 0 Å². The topological polar surface area (TPSA) is 76.4 Å². The number of hydrogen-bond acceptors (Lipinski definition) is 3. The highest BCUT2D eigenvalue weighted by Crippen LogP contribution is 2.50. The van der Waals surface area contributed by atoms with E-state index in [0.29, 0.717) is 12.3 Å². The Kier molecular flexibility index (Phi) is 2.38. The molecular formula is C10H16N4O. The Labute approximate surface area is 88.6 Å². The van der Waals surface area contributed by atoms with Crippen LogP contribution in [0.2, 0.25) is 0 Å². The number of rotatable bonds is 4. The summed E-state index contributed by atoms with van der Waals surface area (Å²) >= 11 is 0. The first-order chi connectivity index (χ1) is 7.13. The van der Waals surface area contributed by atoms with Crippen LogP contribution in [0, 0.1) is 12.3 Å². The van der Waals surface area contributed by atoms with E-state index in [4.69, 9.17) is 10.9 Å². The van der Waals surface area contributed by atoms with Crippen molar-refractivity contribution in [2.75, 3.05) is 0 Å². The second-order valence-corrected chi connectivity index (χ2v) is 4.48. The molecule has 0 atom stereocenters. The third-order valence-corrected chi connectivity index (χ3v) is 2.90. The maximum atomic E-state index is 8.54. The van der Waals surface area contributed by atoms with Crippen molar-refractivity contribution in [3.63, 3.8) is 0 Å². The number of nitrogens with two attached hydrogens (primary N) is 1. The molecule has 0 unspecified atom stereocenters. The second kappa shape index (κ2) is 3.56. The van der Waals surface area contributed by atoms with Crippen LogP contribution in [0.15, 0.2) is 17.5 Å². The minimum Gasteiger partial charge on any atom is -0.409 e. The van der Waals surface area contributed by atoms with E-state index in [1.807, 2.05) is 24.0 Å². The first-order valence-electron chi connectivity index (χ1n) is 5.09. The number of oxime groups is 1. The summed E-state index contributed by atoms with van der Waals surface area (Å²) in [5.74, 6) is 0.316. The summed E-state index contributed by atoms with van der Waals surface area (Å²) < 4.78 is 1.94. The SMILES string of the molecule is Cc1cnn(CC2(CC(N)=NO)CC2)c1. The molecule has 1 aromatic heterocycles. The first-order valence-corrected chi connectivity index (χ1v) is 5.09. The van der Waals surface area contributed by atoms with Crippen LogP contribution >= 0.6 is 0 Å². The van der Waals surface area contributed by atoms with Crippen molar-refractivity contribution in [3.05, 3.63) is 18.0 Å². The van der Waals surface area contributed by atoms with Gasteiger partial charge in [0.15, 0.2) is 0 Å². The van der Waals surface area contributed by atoms with Gasteiger partial charge in [0.25, 0.3) is 0 Å². The van der Waals surface area contributed by atoms with Gasteiger partial charge in [-0.2, -0.15) is 5.10 Å². The van der Waals surface area contributed by atoms with Crippen LogP contribution in [0.3, 0.4) is 0 Å². The molecule has 82 valence electrons. The van der Waals surface area contributed by atoms with E-state index >= 15 is 0 Å². The van der Waals surface area contributed by atoms with E-state index in [2.05, 4.69) is 10.3 Å². The highest BCUT2D eigenvalue weighted by molar-refractivity contribution is 5.80. The van der Waals surface area contributed by atoms with Gasteiger partial charge in [-0.25, -0.2) is 0 Å². The first kappa shape index (κ1) is 10.0. The third kappa shape index (κ3) is 2.29. The minimum atomic E-state index is 0.175. The molecule has 5 nitrogen and oxygen atoms in total. The third-order valence-electron chi connectivity index (χ3n) is 2.90. The van der Waals surface area contributed by atoms with E-state index in [0.717, 1.165) is 24.9 Å². The van der Waals surface area contributed by atoms with Crippen LogP contribution < -0.4 is 5.73 Å². The van der Waals surface area contributed by atoms with Crippen molar-refractivity contribution in [3.8, 4) is 0 Å². The Morgan fingerprint density at radius 1 is 1.73 bits per heavy atom. The van der Waals surface area contributed by atoms with Gasteiger partial charge in [-0.15, -0.1) is 0 Å². The lowest BCUT2D eigenvalue weighted by Gasteiger charge is -2.13. The normalized spacial score (nSPS) is 19.1. The van der Waals surface area contributed by atoms with E-state index < -0.39 is 0 Å². The summed E-state index contributed by atoms with van der Waals surface area (Å²) in [5.41, 5.74) is 6.87. The molecule has 1 aliphatic rings. The summed E-state index contributed by atoms with van der Waals surface area (Å²) in [4.78, 5) is 0.